The zero-order valence-electron chi connectivity index (χ0n) is 9.67. The van der Waals surface area contributed by atoms with E-state index in [1.54, 1.807) is 4.90 Å². The molecule has 7 heteroatoms. The minimum Gasteiger partial charge on any atom is -0.342 e. The lowest BCUT2D eigenvalue weighted by molar-refractivity contribution is -0.150. The first-order chi connectivity index (χ1) is 7.92. The van der Waals surface area contributed by atoms with Gasteiger partial charge in [-0.2, -0.15) is 13.2 Å². The first kappa shape index (κ1) is 14.2. The summed E-state index contributed by atoms with van der Waals surface area (Å²) < 4.78 is 36.7. The number of nitrogens with zero attached hydrogens (tertiary/aromatic N) is 2. The number of rotatable bonds is 5. The summed E-state index contributed by atoms with van der Waals surface area (Å²) in [5.74, 6) is -0.236. The summed E-state index contributed by atoms with van der Waals surface area (Å²) in [6.07, 6.45) is -2.43. The van der Waals surface area contributed by atoms with Gasteiger partial charge in [-0.25, -0.2) is 0 Å². The monoisotopic (exact) mass is 253 g/mol. The molecule has 0 saturated carbocycles. The van der Waals surface area contributed by atoms with E-state index in [1.165, 1.54) is 0 Å². The Hall–Kier alpha value is -0.820. The van der Waals surface area contributed by atoms with Gasteiger partial charge < -0.3 is 10.6 Å². The molecule has 4 nitrogen and oxygen atoms in total. The van der Waals surface area contributed by atoms with Crippen LogP contribution in [0.5, 0.6) is 0 Å². The second-order valence-electron chi connectivity index (χ2n) is 4.20. The largest absolute Gasteiger partial charge is 0.401 e. The lowest BCUT2D eigenvalue weighted by atomic mass is 10.4. The van der Waals surface area contributed by atoms with Crippen LogP contribution in [0.3, 0.4) is 0 Å². The summed E-state index contributed by atoms with van der Waals surface area (Å²) in [6.45, 7) is 0.228. The zero-order chi connectivity index (χ0) is 12.9. The number of nitrogens with two attached hydrogens (primary N) is 1. The standard InChI is InChI=1S/C10H18F3N3O/c11-10(12,13)8-15(6-3-14)7-9(17)16-4-1-2-5-16/h1-8,14H2. The third kappa shape index (κ3) is 5.36. The Kier molecular flexibility index (Phi) is 5.20. The number of alkyl halides is 3. The van der Waals surface area contributed by atoms with Crippen LogP contribution in [0.4, 0.5) is 13.2 Å². The summed E-state index contributed by atoms with van der Waals surface area (Å²) in [4.78, 5) is 14.4. The number of hydrogen-bond donors (Lipinski definition) is 1. The van der Waals surface area contributed by atoms with E-state index < -0.39 is 12.7 Å². The Bertz CT molecular complexity index is 252. The van der Waals surface area contributed by atoms with Gasteiger partial charge in [0, 0.05) is 26.2 Å². The molecule has 0 unspecified atom stereocenters. The first-order valence-electron chi connectivity index (χ1n) is 5.69. The van der Waals surface area contributed by atoms with Crippen LogP contribution in [0.2, 0.25) is 0 Å². The molecule has 17 heavy (non-hydrogen) atoms. The lowest BCUT2D eigenvalue weighted by Crippen LogP contribution is -2.44. The first-order valence-corrected chi connectivity index (χ1v) is 5.69. The molecule has 0 aromatic rings. The second-order valence-corrected chi connectivity index (χ2v) is 4.20. The van der Waals surface area contributed by atoms with Crippen LogP contribution < -0.4 is 5.73 Å². The fourth-order valence-corrected chi connectivity index (χ4v) is 1.91. The van der Waals surface area contributed by atoms with E-state index in [0.717, 1.165) is 17.7 Å². The second kappa shape index (κ2) is 6.20. The molecule has 1 aliphatic rings. The van der Waals surface area contributed by atoms with Crippen LogP contribution in [-0.4, -0.2) is 61.2 Å². The highest BCUT2D eigenvalue weighted by Crippen LogP contribution is 2.16. The molecule has 1 aliphatic heterocycles. The zero-order valence-corrected chi connectivity index (χ0v) is 9.67. The predicted molar refractivity (Wildman–Crippen MR) is 57.4 cm³/mol. The number of likely N-dealkylation sites (tertiary alicyclic amines) is 1. The van der Waals surface area contributed by atoms with E-state index in [0.29, 0.717) is 13.1 Å². The van der Waals surface area contributed by atoms with Crippen molar-refractivity contribution in [3.8, 4) is 0 Å². The Balaban J connectivity index is 2.44. The maximum Gasteiger partial charge on any atom is 0.401 e. The Morgan fingerprint density at radius 1 is 1.29 bits per heavy atom. The molecule has 1 heterocycles. The smallest absolute Gasteiger partial charge is 0.342 e. The van der Waals surface area contributed by atoms with E-state index in [2.05, 4.69) is 0 Å². The highest BCUT2D eigenvalue weighted by atomic mass is 19.4. The van der Waals surface area contributed by atoms with E-state index in [1.807, 2.05) is 0 Å². The van der Waals surface area contributed by atoms with Crippen LogP contribution in [0.25, 0.3) is 0 Å². The number of hydrogen-bond acceptors (Lipinski definition) is 3. The molecular formula is C10H18F3N3O. The SMILES string of the molecule is NCCN(CC(=O)N1CCCC1)CC(F)(F)F. The van der Waals surface area contributed by atoms with Crippen molar-refractivity contribution in [3.05, 3.63) is 0 Å². The average molecular weight is 253 g/mol. The summed E-state index contributed by atoms with van der Waals surface area (Å²) in [6, 6.07) is 0. The third-order valence-electron chi connectivity index (χ3n) is 2.67. The van der Waals surface area contributed by atoms with Crippen LogP contribution in [0.15, 0.2) is 0 Å². The molecule has 1 rings (SSSR count). The molecule has 1 amide bonds. The van der Waals surface area contributed by atoms with E-state index >= 15 is 0 Å². The van der Waals surface area contributed by atoms with Gasteiger partial charge in [-0.1, -0.05) is 0 Å². The molecular weight excluding hydrogens is 235 g/mol. The van der Waals surface area contributed by atoms with Gasteiger partial charge in [0.25, 0.3) is 0 Å². The maximum absolute atomic E-state index is 12.2. The molecule has 2 N–H and O–H groups in total. The molecule has 0 atom stereocenters. The molecule has 0 spiro atoms. The summed E-state index contributed by atoms with van der Waals surface area (Å²) in [5.41, 5.74) is 5.24. The van der Waals surface area contributed by atoms with Gasteiger partial charge in [0.1, 0.15) is 0 Å². The molecule has 0 bridgehead atoms. The van der Waals surface area contributed by atoms with E-state index in [4.69, 9.17) is 5.73 Å². The number of amides is 1. The average Bonchev–Trinajstić information content (AvgIpc) is 2.67. The van der Waals surface area contributed by atoms with Crippen molar-refractivity contribution < 1.29 is 18.0 Å². The van der Waals surface area contributed by atoms with E-state index in [9.17, 15) is 18.0 Å². The summed E-state index contributed by atoms with van der Waals surface area (Å²) >= 11 is 0. The van der Waals surface area contributed by atoms with Crippen molar-refractivity contribution in [2.24, 2.45) is 5.73 Å². The summed E-state index contributed by atoms with van der Waals surface area (Å²) in [5, 5.41) is 0. The van der Waals surface area contributed by atoms with Gasteiger partial charge in [-0.15, -0.1) is 0 Å². The fraction of sp³-hybridized carbons (Fsp3) is 0.900. The molecule has 0 aliphatic carbocycles. The summed E-state index contributed by atoms with van der Waals surface area (Å²) in [7, 11) is 0. The van der Waals surface area contributed by atoms with Gasteiger partial charge in [0.15, 0.2) is 0 Å². The molecule has 0 radical (unpaired) electrons. The van der Waals surface area contributed by atoms with Crippen molar-refractivity contribution in [3.63, 3.8) is 0 Å². The van der Waals surface area contributed by atoms with Gasteiger partial charge in [-0.05, 0) is 12.8 Å². The molecule has 1 fully saturated rings. The third-order valence-corrected chi connectivity index (χ3v) is 2.67. The van der Waals surface area contributed by atoms with Gasteiger partial charge in [-0.3, -0.25) is 9.69 Å². The molecule has 1 saturated heterocycles. The van der Waals surface area contributed by atoms with E-state index in [-0.39, 0.29) is 25.5 Å². The minimum atomic E-state index is -4.29. The minimum absolute atomic E-state index is 0.0824. The van der Waals surface area contributed by atoms with Crippen LogP contribution >= 0.6 is 0 Å². The number of carbonyl (C=O) groups is 1. The van der Waals surface area contributed by atoms with Crippen molar-refractivity contribution in [1.29, 1.82) is 0 Å². The highest BCUT2D eigenvalue weighted by Gasteiger charge is 2.32. The highest BCUT2D eigenvalue weighted by molar-refractivity contribution is 5.78. The van der Waals surface area contributed by atoms with Crippen molar-refractivity contribution in [2.75, 3.05) is 39.3 Å². The van der Waals surface area contributed by atoms with Crippen molar-refractivity contribution in [2.45, 2.75) is 19.0 Å². The fourth-order valence-electron chi connectivity index (χ4n) is 1.91. The predicted octanol–water partition coefficient (Wildman–Crippen LogP) is 0.432. The number of halogens is 3. The van der Waals surface area contributed by atoms with Crippen molar-refractivity contribution in [1.82, 2.24) is 9.80 Å². The topological polar surface area (TPSA) is 49.6 Å². The van der Waals surface area contributed by atoms with Crippen molar-refractivity contribution >= 4 is 5.91 Å². The Labute approximate surface area is 98.5 Å². The number of carbonyl (C=O) groups excluding carboxylic acids is 1. The normalized spacial score (nSPS) is 16.9. The molecule has 0 aromatic carbocycles. The van der Waals surface area contributed by atoms with Gasteiger partial charge >= 0.3 is 6.18 Å². The molecule has 100 valence electrons. The van der Waals surface area contributed by atoms with Crippen LogP contribution in [0.1, 0.15) is 12.8 Å². The maximum atomic E-state index is 12.2. The van der Waals surface area contributed by atoms with Gasteiger partial charge in [0.05, 0.1) is 13.1 Å². The quantitative estimate of drug-likeness (QED) is 0.773. The Morgan fingerprint density at radius 2 is 1.88 bits per heavy atom. The van der Waals surface area contributed by atoms with Gasteiger partial charge in [0.2, 0.25) is 5.91 Å². The van der Waals surface area contributed by atoms with Crippen LogP contribution in [0, 0.1) is 0 Å². The lowest BCUT2D eigenvalue weighted by Gasteiger charge is -2.25. The van der Waals surface area contributed by atoms with Crippen LogP contribution in [-0.2, 0) is 4.79 Å². The molecule has 0 aromatic heterocycles. The Morgan fingerprint density at radius 3 is 2.35 bits per heavy atom.